The van der Waals surface area contributed by atoms with Crippen molar-refractivity contribution in [1.29, 1.82) is 0 Å². The van der Waals surface area contributed by atoms with Gasteiger partial charge < -0.3 is 9.73 Å². The molecule has 108 valence electrons. The fraction of sp³-hybridized carbons (Fsp3) is 0.235. The number of rotatable bonds is 4. The van der Waals surface area contributed by atoms with Crippen molar-refractivity contribution in [3.63, 3.8) is 0 Å². The molecule has 1 aromatic carbocycles. The zero-order valence-corrected chi connectivity index (χ0v) is 13.6. The molecule has 1 N–H and O–H groups in total. The minimum Gasteiger partial charge on any atom is -0.459 e. The minimum absolute atomic E-state index is 0.0767. The highest BCUT2D eigenvalue weighted by Gasteiger charge is 2.18. The lowest BCUT2D eigenvalue weighted by Crippen LogP contribution is -2.08. The summed E-state index contributed by atoms with van der Waals surface area (Å²) in [5.74, 6) is 0.995. The van der Waals surface area contributed by atoms with Gasteiger partial charge in [0.05, 0.1) is 11.7 Å². The SMILES string of the molecule is CCc1c(C(C)Nc2cccnc2Br)oc2ccccc12. The van der Waals surface area contributed by atoms with E-state index in [9.17, 15) is 0 Å². The van der Waals surface area contributed by atoms with Crippen molar-refractivity contribution < 1.29 is 4.42 Å². The molecule has 0 aliphatic heterocycles. The second-order valence-electron chi connectivity index (χ2n) is 5.00. The van der Waals surface area contributed by atoms with Gasteiger partial charge in [0.25, 0.3) is 0 Å². The van der Waals surface area contributed by atoms with Gasteiger partial charge >= 0.3 is 0 Å². The van der Waals surface area contributed by atoms with Crippen LogP contribution in [0.1, 0.15) is 31.2 Å². The summed E-state index contributed by atoms with van der Waals surface area (Å²) in [5.41, 5.74) is 3.18. The molecule has 2 heterocycles. The van der Waals surface area contributed by atoms with Gasteiger partial charge in [0.1, 0.15) is 15.9 Å². The first-order valence-electron chi connectivity index (χ1n) is 7.08. The first-order valence-corrected chi connectivity index (χ1v) is 7.87. The molecular weight excluding hydrogens is 328 g/mol. The molecule has 0 saturated heterocycles. The zero-order valence-electron chi connectivity index (χ0n) is 12.1. The zero-order chi connectivity index (χ0) is 14.8. The Morgan fingerprint density at radius 1 is 1.24 bits per heavy atom. The number of aryl methyl sites for hydroxylation is 1. The van der Waals surface area contributed by atoms with E-state index in [1.807, 2.05) is 24.3 Å². The Morgan fingerprint density at radius 3 is 2.81 bits per heavy atom. The van der Waals surface area contributed by atoms with E-state index in [4.69, 9.17) is 4.42 Å². The molecule has 1 atom stereocenters. The molecule has 0 bridgehead atoms. The van der Waals surface area contributed by atoms with Gasteiger partial charge in [-0.05, 0) is 47.5 Å². The second kappa shape index (κ2) is 5.90. The van der Waals surface area contributed by atoms with Gasteiger partial charge in [-0.3, -0.25) is 0 Å². The van der Waals surface area contributed by atoms with Crippen LogP contribution in [0.3, 0.4) is 0 Å². The van der Waals surface area contributed by atoms with Crippen LogP contribution in [0.15, 0.2) is 51.6 Å². The van der Waals surface area contributed by atoms with Gasteiger partial charge in [0.15, 0.2) is 0 Å². The van der Waals surface area contributed by atoms with Crippen LogP contribution < -0.4 is 5.32 Å². The predicted molar refractivity (Wildman–Crippen MR) is 89.6 cm³/mol. The largest absolute Gasteiger partial charge is 0.459 e. The Hall–Kier alpha value is -1.81. The molecular formula is C17H17BrN2O. The van der Waals surface area contributed by atoms with Crippen molar-refractivity contribution in [3.8, 4) is 0 Å². The average Bonchev–Trinajstić information content (AvgIpc) is 2.88. The Labute approximate surface area is 132 Å². The van der Waals surface area contributed by atoms with Gasteiger partial charge in [0, 0.05) is 17.1 Å². The normalized spacial score (nSPS) is 12.5. The number of benzene rings is 1. The first kappa shape index (κ1) is 14.1. The third kappa shape index (κ3) is 2.68. The maximum atomic E-state index is 6.07. The Morgan fingerprint density at radius 2 is 2.05 bits per heavy atom. The average molecular weight is 345 g/mol. The fourth-order valence-electron chi connectivity index (χ4n) is 2.62. The number of fused-ring (bicyclic) bond motifs is 1. The van der Waals surface area contributed by atoms with Crippen LogP contribution in [0.2, 0.25) is 0 Å². The maximum absolute atomic E-state index is 6.07. The summed E-state index contributed by atoms with van der Waals surface area (Å²) in [4.78, 5) is 4.23. The van der Waals surface area contributed by atoms with Crippen LogP contribution in [0.25, 0.3) is 11.0 Å². The minimum atomic E-state index is 0.0767. The van der Waals surface area contributed by atoms with Crippen LogP contribution >= 0.6 is 15.9 Å². The van der Waals surface area contributed by atoms with Crippen molar-refractivity contribution in [1.82, 2.24) is 4.98 Å². The van der Waals surface area contributed by atoms with E-state index >= 15 is 0 Å². The molecule has 0 saturated carbocycles. The van der Waals surface area contributed by atoms with E-state index in [1.165, 1.54) is 10.9 Å². The summed E-state index contributed by atoms with van der Waals surface area (Å²) < 4.78 is 6.88. The van der Waals surface area contributed by atoms with E-state index in [1.54, 1.807) is 6.20 Å². The molecule has 0 radical (unpaired) electrons. The number of hydrogen-bond acceptors (Lipinski definition) is 3. The molecule has 2 aromatic heterocycles. The van der Waals surface area contributed by atoms with Gasteiger partial charge in [0.2, 0.25) is 0 Å². The highest BCUT2D eigenvalue weighted by molar-refractivity contribution is 9.10. The van der Waals surface area contributed by atoms with Gasteiger partial charge in [-0.2, -0.15) is 0 Å². The van der Waals surface area contributed by atoms with Crippen molar-refractivity contribution in [2.45, 2.75) is 26.3 Å². The van der Waals surface area contributed by atoms with Crippen molar-refractivity contribution >= 4 is 32.6 Å². The lowest BCUT2D eigenvalue weighted by Gasteiger charge is -2.15. The highest BCUT2D eigenvalue weighted by Crippen LogP contribution is 2.33. The smallest absolute Gasteiger partial charge is 0.134 e. The first-order chi connectivity index (χ1) is 10.2. The third-order valence-corrected chi connectivity index (χ3v) is 4.24. The molecule has 3 rings (SSSR count). The van der Waals surface area contributed by atoms with Crippen molar-refractivity contribution in [2.24, 2.45) is 0 Å². The van der Waals surface area contributed by atoms with Crippen LogP contribution in [0.4, 0.5) is 5.69 Å². The Bertz CT molecular complexity index is 766. The van der Waals surface area contributed by atoms with Crippen LogP contribution in [0.5, 0.6) is 0 Å². The quantitative estimate of drug-likeness (QED) is 0.650. The van der Waals surface area contributed by atoms with Crippen LogP contribution in [-0.2, 0) is 6.42 Å². The topological polar surface area (TPSA) is 38.1 Å². The molecule has 0 fully saturated rings. The molecule has 1 unspecified atom stereocenters. The Kier molecular flexibility index (Phi) is 3.97. The monoisotopic (exact) mass is 344 g/mol. The summed E-state index contributed by atoms with van der Waals surface area (Å²) in [7, 11) is 0. The van der Waals surface area contributed by atoms with E-state index in [0.29, 0.717) is 0 Å². The number of para-hydroxylation sites is 1. The summed E-state index contributed by atoms with van der Waals surface area (Å²) in [6, 6.07) is 12.2. The van der Waals surface area contributed by atoms with E-state index in [2.05, 4.69) is 52.2 Å². The molecule has 0 aliphatic rings. The molecule has 0 amide bonds. The Balaban J connectivity index is 1.98. The standard InChI is InChI=1S/C17H17BrN2O/c1-3-12-13-7-4-5-9-15(13)21-16(12)11(2)20-14-8-6-10-19-17(14)18/h4-11,20H,3H2,1-2H3. The van der Waals surface area contributed by atoms with Crippen LogP contribution in [0, 0.1) is 0 Å². The van der Waals surface area contributed by atoms with Crippen molar-refractivity contribution in [3.05, 3.63) is 58.5 Å². The molecule has 3 nitrogen and oxygen atoms in total. The lowest BCUT2D eigenvalue weighted by atomic mass is 10.0. The number of aromatic nitrogens is 1. The second-order valence-corrected chi connectivity index (χ2v) is 5.75. The fourth-order valence-corrected chi connectivity index (χ4v) is 2.99. The van der Waals surface area contributed by atoms with E-state index in [-0.39, 0.29) is 6.04 Å². The highest BCUT2D eigenvalue weighted by atomic mass is 79.9. The maximum Gasteiger partial charge on any atom is 0.134 e. The molecule has 4 heteroatoms. The van der Waals surface area contributed by atoms with Crippen molar-refractivity contribution in [2.75, 3.05) is 5.32 Å². The van der Waals surface area contributed by atoms with Gasteiger partial charge in [-0.1, -0.05) is 25.1 Å². The summed E-state index contributed by atoms with van der Waals surface area (Å²) >= 11 is 3.46. The number of anilines is 1. The van der Waals surface area contributed by atoms with Gasteiger partial charge in [-0.15, -0.1) is 0 Å². The summed E-state index contributed by atoms with van der Waals surface area (Å²) in [5, 5.41) is 4.66. The van der Waals surface area contributed by atoms with Crippen LogP contribution in [-0.4, -0.2) is 4.98 Å². The summed E-state index contributed by atoms with van der Waals surface area (Å²) in [6.45, 7) is 4.27. The number of nitrogens with one attached hydrogen (secondary N) is 1. The van der Waals surface area contributed by atoms with E-state index < -0.39 is 0 Å². The number of pyridine rings is 1. The van der Waals surface area contributed by atoms with Gasteiger partial charge in [-0.25, -0.2) is 4.98 Å². The number of nitrogens with zero attached hydrogens (tertiary/aromatic N) is 1. The van der Waals surface area contributed by atoms with E-state index in [0.717, 1.165) is 28.1 Å². The number of hydrogen-bond donors (Lipinski definition) is 1. The molecule has 0 aliphatic carbocycles. The third-order valence-electron chi connectivity index (χ3n) is 3.61. The molecule has 21 heavy (non-hydrogen) atoms. The number of halogens is 1. The molecule has 3 aromatic rings. The lowest BCUT2D eigenvalue weighted by molar-refractivity contribution is 0.520. The predicted octanol–water partition coefficient (Wildman–Crippen LogP) is 5.33. The molecule has 0 spiro atoms. The number of furan rings is 1. The summed E-state index contributed by atoms with van der Waals surface area (Å²) in [6.07, 6.45) is 2.71.